The van der Waals surface area contributed by atoms with E-state index in [1.54, 1.807) is 0 Å². The Labute approximate surface area is 155 Å². The lowest BCUT2D eigenvalue weighted by Gasteiger charge is -2.18. The highest BCUT2D eigenvalue weighted by Gasteiger charge is 2.63. The van der Waals surface area contributed by atoms with E-state index >= 15 is 0 Å². The Balaban J connectivity index is 1.86. The third-order valence-corrected chi connectivity index (χ3v) is 4.25. The predicted molar refractivity (Wildman–Crippen MR) is 87.0 cm³/mol. The van der Waals surface area contributed by atoms with Crippen molar-refractivity contribution in [3.05, 3.63) is 18.6 Å². The fourth-order valence-electron chi connectivity index (χ4n) is 2.87. The molecule has 1 aliphatic rings. The molecule has 3 aromatic rings. The molecule has 148 valence electrons. The van der Waals surface area contributed by atoms with Gasteiger partial charge >= 0.3 is 17.9 Å². The Hall–Kier alpha value is -3.25. The highest BCUT2D eigenvalue weighted by molar-refractivity contribution is 5.69. The molecule has 0 spiro atoms. The van der Waals surface area contributed by atoms with Crippen LogP contribution in [0.25, 0.3) is 17.0 Å². The maximum Gasteiger partial charge on any atom is 0.329 e. The summed E-state index contributed by atoms with van der Waals surface area (Å²) in [5, 5.41) is 3.89. The van der Waals surface area contributed by atoms with Crippen molar-refractivity contribution in [2.24, 2.45) is 0 Å². The lowest BCUT2D eigenvalue weighted by molar-refractivity contribution is -0.172. The first-order valence-corrected chi connectivity index (χ1v) is 7.92. The van der Waals surface area contributed by atoms with Gasteiger partial charge in [0.05, 0.1) is 38.6 Å². The van der Waals surface area contributed by atoms with Gasteiger partial charge in [-0.25, -0.2) is 9.97 Å². The number of rotatable bonds is 4. The number of ether oxygens (including phenoxy) is 2. The highest BCUT2D eigenvalue weighted by Crippen LogP contribution is 2.43. The molecule has 4 rings (SSSR count). The third-order valence-electron chi connectivity index (χ3n) is 4.25. The quantitative estimate of drug-likeness (QED) is 0.613. The van der Waals surface area contributed by atoms with E-state index < -0.39 is 24.9 Å². The maximum absolute atomic E-state index is 13.7. The molecule has 0 aliphatic carbocycles. The molecule has 0 N–H and O–H groups in total. The summed E-state index contributed by atoms with van der Waals surface area (Å²) >= 11 is 0. The zero-order valence-corrected chi connectivity index (χ0v) is 14.6. The van der Waals surface area contributed by atoms with Crippen molar-refractivity contribution in [3.8, 4) is 23.1 Å². The monoisotopic (exact) mass is 399 g/mol. The van der Waals surface area contributed by atoms with Crippen LogP contribution in [-0.4, -0.2) is 68.7 Å². The first-order chi connectivity index (χ1) is 13.3. The summed E-state index contributed by atoms with van der Waals surface area (Å²) in [5.41, 5.74) is 0.487. The second kappa shape index (κ2) is 6.14. The second-order valence-electron chi connectivity index (χ2n) is 6.02. The number of hydrogen-bond acceptors (Lipinski definition) is 8. The van der Waals surface area contributed by atoms with E-state index in [2.05, 4.69) is 25.0 Å². The molecule has 0 unspecified atom stereocenters. The van der Waals surface area contributed by atoms with Crippen LogP contribution < -0.4 is 14.4 Å². The Morgan fingerprint density at radius 3 is 2.36 bits per heavy atom. The van der Waals surface area contributed by atoms with Crippen LogP contribution in [-0.2, 0) is 0 Å². The molecule has 0 atom stereocenters. The molecule has 28 heavy (non-hydrogen) atoms. The van der Waals surface area contributed by atoms with Crippen LogP contribution in [0.3, 0.4) is 0 Å². The standard InChI is InChI=1S/C15H13F4N7O2/c1-27-11-8(4-20-13(24-11)28-2)9-3-10(26-12(23-9)21-7-22-26)25-5-14(16,17)15(18,19)6-25/h3-4,7H,5-6H2,1-2H3. The zero-order valence-electron chi connectivity index (χ0n) is 14.6. The van der Waals surface area contributed by atoms with E-state index in [1.165, 1.54) is 26.5 Å². The van der Waals surface area contributed by atoms with Gasteiger partial charge in [-0.3, -0.25) is 0 Å². The highest BCUT2D eigenvalue weighted by atomic mass is 19.3. The summed E-state index contributed by atoms with van der Waals surface area (Å²) in [6.45, 7) is -2.34. The van der Waals surface area contributed by atoms with Crippen LogP contribution in [0.15, 0.2) is 18.6 Å². The Morgan fingerprint density at radius 2 is 1.71 bits per heavy atom. The van der Waals surface area contributed by atoms with Gasteiger partial charge < -0.3 is 14.4 Å². The van der Waals surface area contributed by atoms with E-state index in [1.807, 2.05) is 0 Å². The molecule has 0 saturated carbocycles. The summed E-state index contributed by atoms with van der Waals surface area (Å²) in [6, 6.07) is 1.37. The molecule has 4 heterocycles. The molecule has 1 aliphatic heterocycles. The Bertz CT molecular complexity index is 1030. The molecule has 0 amide bonds. The lowest BCUT2D eigenvalue weighted by atomic mass is 10.2. The molecule has 13 heteroatoms. The smallest absolute Gasteiger partial charge is 0.329 e. The summed E-state index contributed by atoms with van der Waals surface area (Å²) < 4.78 is 66.1. The summed E-state index contributed by atoms with van der Waals surface area (Å²) in [6.07, 6.45) is 2.50. The predicted octanol–water partition coefficient (Wildman–Crippen LogP) is 1.69. The van der Waals surface area contributed by atoms with Gasteiger partial charge in [0, 0.05) is 12.3 Å². The first kappa shape index (κ1) is 18.1. The van der Waals surface area contributed by atoms with Crippen molar-refractivity contribution in [2.45, 2.75) is 11.8 Å². The summed E-state index contributed by atoms with van der Waals surface area (Å²) in [5.74, 6) is -8.24. The number of nitrogens with zero attached hydrogens (tertiary/aromatic N) is 7. The molecular formula is C15H13F4N7O2. The average molecular weight is 399 g/mol. The second-order valence-corrected chi connectivity index (χ2v) is 6.02. The molecule has 9 nitrogen and oxygen atoms in total. The van der Waals surface area contributed by atoms with Crippen LogP contribution in [0.5, 0.6) is 11.9 Å². The van der Waals surface area contributed by atoms with E-state index in [-0.39, 0.29) is 29.2 Å². The molecule has 3 aromatic heterocycles. The van der Waals surface area contributed by atoms with Crippen LogP contribution in [0.1, 0.15) is 0 Å². The number of alkyl halides is 4. The molecule has 0 bridgehead atoms. The normalized spacial score (nSPS) is 17.9. The Morgan fingerprint density at radius 1 is 1.00 bits per heavy atom. The third kappa shape index (κ3) is 2.73. The van der Waals surface area contributed by atoms with Gasteiger partial charge in [-0.2, -0.15) is 37.1 Å². The van der Waals surface area contributed by atoms with Gasteiger partial charge in [0.1, 0.15) is 12.1 Å². The number of aromatic nitrogens is 6. The van der Waals surface area contributed by atoms with Crippen molar-refractivity contribution in [1.29, 1.82) is 0 Å². The van der Waals surface area contributed by atoms with Crippen molar-refractivity contribution < 1.29 is 27.0 Å². The number of anilines is 1. The summed E-state index contributed by atoms with van der Waals surface area (Å²) in [7, 11) is 2.74. The fraction of sp³-hybridized carbons (Fsp3) is 0.400. The minimum Gasteiger partial charge on any atom is -0.480 e. The van der Waals surface area contributed by atoms with Crippen molar-refractivity contribution >= 4 is 11.6 Å². The summed E-state index contributed by atoms with van der Waals surface area (Å²) in [4.78, 5) is 17.0. The van der Waals surface area contributed by atoms with Gasteiger partial charge in [-0.1, -0.05) is 0 Å². The molecule has 1 fully saturated rings. The van der Waals surface area contributed by atoms with E-state index in [0.717, 1.165) is 15.7 Å². The minimum atomic E-state index is -4.18. The molecule has 0 aromatic carbocycles. The number of hydrogen-bond donors (Lipinski definition) is 0. The van der Waals surface area contributed by atoms with Gasteiger partial charge in [-0.15, -0.1) is 0 Å². The molecular weight excluding hydrogens is 386 g/mol. The van der Waals surface area contributed by atoms with E-state index in [9.17, 15) is 17.6 Å². The maximum atomic E-state index is 13.7. The largest absolute Gasteiger partial charge is 0.480 e. The SMILES string of the molecule is COc1ncc(-c2cc(N3CC(F)(F)C(F)(F)C3)n3ncnc3n2)c(OC)n1. The van der Waals surface area contributed by atoms with Crippen LogP contribution in [0.2, 0.25) is 0 Å². The van der Waals surface area contributed by atoms with Gasteiger partial charge in [0.2, 0.25) is 5.88 Å². The lowest BCUT2D eigenvalue weighted by Crippen LogP contribution is -2.38. The van der Waals surface area contributed by atoms with E-state index in [0.29, 0.717) is 5.56 Å². The van der Waals surface area contributed by atoms with Gasteiger partial charge in [-0.05, 0) is 0 Å². The number of methoxy groups -OCH3 is 2. The van der Waals surface area contributed by atoms with Gasteiger partial charge in [0.15, 0.2) is 0 Å². The van der Waals surface area contributed by atoms with Crippen molar-refractivity contribution in [3.63, 3.8) is 0 Å². The average Bonchev–Trinajstić information content (AvgIpc) is 3.21. The Kier molecular flexibility index (Phi) is 3.97. The molecule has 1 saturated heterocycles. The minimum absolute atomic E-state index is 0.0211. The van der Waals surface area contributed by atoms with Crippen LogP contribution >= 0.6 is 0 Å². The number of fused-ring (bicyclic) bond motifs is 1. The molecule has 0 radical (unpaired) electrons. The van der Waals surface area contributed by atoms with Gasteiger partial charge in [0.25, 0.3) is 5.78 Å². The van der Waals surface area contributed by atoms with Crippen LogP contribution in [0, 0.1) is 0 Å². The zero-order chi connectivity index (χ0) is 20.1. The number of halogens is 4. The van der Waals surface area contributed by atoms with Crippen molar-refractivity contribution in [1.82, 2.24) is 29.5 Å². The van der Waals surface area contributed by atoms with Crippen LogP contribution in [0.4, 0.5) is 23.4 Å². The topological polar surface area (TPSA) is 90.6 Å². The van der Waals surface area contributed by atoms with E-state index in [4.69, 9.17) is 9.47 Å². The fourth-order valence-corrected chi connectivity index (χ4v) is 2.87. The first-order valence-electron chi connectivity index (χ1n) is 7.92. The van der Waals surface area contributed by atoms with Crippen molar-refractivity contribution in [2.75, 3.05) is 32.2 Å².